The zero-order chi connectivity index (χ0) is 18.7. The molecule has 1 N–H and O–H groups in total. The van der Waals surface area contributed by atoms with Gasteiger partial charge in [0.1, 0.15) is 5.82 Å². The molecule has 3 rings (SSSR count). The van der Waals surface area contributed by atoms with Gasteiger partial charge in [0.25, 0.3) is 0 Å². The van der Waals surface area contributed by atoms with Gasteiger partial charge in [0, 0.05) is 6.54 Å². The SMILES string of the molecule is COc1cc2c(cc1OC)C(CNS(=O)(=O)Cc1ccc(F)cc1)CC2. The zero-order valence-corrected chi connectivity index (χ0v) is 15.6. The first-order valence-corrected chi connectivity index (χ1v) is 10.0. The van der Waals surface area contributed by atoms with E-state index in [1.54, 1.807) is 14.2 Å². The molecule has 0 spiro atoms. The molecule has 2 aromatic carbocycles. The van der Waals surface area contributed by atoms with E-state index in [0.29, 0.717) is 23.6 Å². The van der Waals surface area contributed by atoms with Crippen molar-refractivity contribution < 1.29 is 22.3 Å². The van der Waals surface area contributed by atoms with Crippen molar-refractivity contribution in [3.63, 3.8) is 0 Å². The Bertz CT molecular complexity index is 881. The van der Waals surface area contributed by atoms with Crippen LogP contribution in [0.1, 0.15) is 29.0 Å². The number of hydrogen-bond donors (Lipinski definition) is 1. The Kier molecular flexibility index (Phi) is 5.48. The van der Waals surface area contributed by atoms with Crippen LogP contribution in [0.4, 0.5) is 4.39 Å². The molecule has 26 heavy (non-hydrogen) atoms. The van der Waals surface area contributed by atoms with E-state index in [1.165, 1.54) is 24.3 Å². The van der Waals surface area contributed by atoms with Crippen molar-refractivity contribution in [2.45, 2.75) is 24.5 Å². The number of benzene rings is 2. The fourth-order valence-electron chi connectivity index (χ4n) is 3.31. The van der Waals surface area contributed by atoms with Crippen molar-refractivity contribution >= 4 is 10.0 Å². The first-order chi connectivity index (χ1) is 12.4. The number of aryl methyl sites for hydroxylation is 1. The lowest BCUT2D eigenvalue weighted by Gasteiger charge is -2.15. The van der Waals surface area contributed by atoms with E-state index in [4.69, 9.17) is 9.47 Å². The standard InChI is InChI=1S/C19H22FNO4S/c1-24-18-9-14-5-6-15(17(14)10-19(18)25-2)11-21-26(22,23)12-13-3-7-16(20)8-4-13/h3-4,7-10,15,21H,5-6,11-12H2,1-2H3. The Morgan fingerprint density at radius 2 is 1.77 bits per heavy atom. The lowest BCUT2D eigenvalue weighted by atomic mass is 10.0. The van der Waals surface area contributed by atoms with Crippen molar-refractivity contribution in [2.75, 3.05) is 20.8 Å². The van der Waals surface area contributed by atoms with Crippen LogP contribution in [-0.4, -0.2) is 29.2 Å². The van der Waals surface area contributed by atoms with Gasteiger partial charge in [-0.1, -0.05) is 12.1 Å². The van der Waals surface area contributed by atoms with Crippen LogP contribution < -0.4 is 14.2 Å². The maximum Gasteiger partial charge on any atom is 0.215 e. The quantitative estimate of drug-likeness (QED) is 0.803. The van der Waals surface area contributed by atoms with Gasteiger partial charge in [0.05, 0.1) is 20.0 Å². The second-order valence-corrected chi connectivity index (χ2v) is 8.18. The highest BCUT2D eigenvalue weighted by Gasteiger charge is 2.26. The van der Waals surface area contributed by atoms with Crippen LogP contribution in [-0.2, 0) is 22.2 Å². The molecule has 5 nitrogen and oxygen atoms in total. The number of halogens is 1. The van der Waals surface area contributed by atoms with Crippen LogP contribution in [0, 0.1) is 5.82 Å². The predicted octanol–water partition coefficient (Wildman–Crippen LogP) is 2.99. The van der Waals surface area contributed by atoms with Gasteiger partial charge >= 0.3 is 0 Å². The van der Waals surface area contributed by atoms with Crippen molar-refractivity contribution in [3.8, 4) is 11.5 Å². The van der Waals surface area contributed by atoms with Crippen LogP contribution in [0.3, 0.4) is 0 Å². The highest BCUT2D eigenvalue weighted by Crippen LogP contribution is 2.40. The highest BCUT2D eigenvalue weighted by atomic mass is 32.2. The summed E-state index contributed by atoms with van der Waals surface area (Å²) >= 11 is 0. The first kappa shape index (κ1) is 18.7. The lowest BCUT2D eigenvalue weighted by Crippen LogP contribution is -2.29. The highest BCUT2D eigenvalue weighted by molar-refractivity contribution is 7.88. The zero-order valence-electron chi connectivity index (χ0n) is 14.8. The molecule has 7 heteroatoms. The van der Waals surface area contributed by atoms with Gasteiger partial charge < -0.3 is 9.47 Å². The molecule has 0 aromatic heterocycles. The van der Waals surface area contributed by atoms with Gasteiger partial charge in [0.15, 0.2) is 11.5 Å². The van der Waals surface area contributed by atoms with Gasteiger partial charge in [-0.2, -0.15) is 0 Å². The predicted molar refractivity (Wildman–Crippen MR) is 97.6 cm³/mol. The Morgan fingerprint density at radius 1 is 1.12 bits per heavy atom. The summed E-state index contributed by atoms with van der Waals surface area (Å²) in [6.45, 7) is 0.325. The molecule has 1 unspecified atom stereocenters. The van der Waals surface area contributed by atoms with Crippen LogP contribution in [0.5, 0.6) is 11.5 Å². The molecule has 1 aliphatic rings. The molecule has 0 fully saturated rings. The third-order valence-corrected chi connectivity index (χ3v) is 5.99. The minimum Gasteiger partial charge on any atom is -0.493 e. The smallest absolute Gasteiger partial charge is 0.215 e. The lowest BCUT2D eigenvalue weighted by molar-refractivity contribution is 0.354. The average Bonchev–Trinajstić information content (AvgIpc) is 3.02. The molecular weight excluding hydrogens is 357 g/mol. The molecule has 0 aliphatic heterocycles. The summed E-state index contributed by atoms with van der Waals surface area (Å²) in [4.78, 5) is 0. The molecule has 0 radical (unpaired) electrons. The molecule has 0 amide bonds. The first-order valence-electron chi connectivity index (χ1n) is 8.38. The van der Waals surface area contributed by atoms with E-state index < -0.39 is 10.0 Å². The van der Waals surface area contributed by atoms with E-state index >= 15 is 0 Å². The molecule has 2 aromatic rings. The van der Waals surface area contributed by atoms with Gasteiger partial charge in [0.2, 0.25) is 10.0 Å². The third kappa shape index (κ3) is 4.16. The number of sulfonamides is 1. The van der Waals surface area contributed by atoms with E-state index in [2.05, 4.69) is 4.72 Å². The summed E-state index contributed by atoms with van der Waals surface area (Å²) in [5.74, 6) is 0.869. The fraction of sp³-hybridized carbons (Fsp3) is 0.368. The Morgan fingerprint density at radius 3 is 2.42 bits per heavy atom. The van der Waals surface area contributed by atoms with Crippen LogP contribution in [0.15, 0.2) is 36.4 Å². The second-order valence-electron chi connectivity index (χ2n) is 6.38. The van der Waals surface area contributed by atoms with Crippen molar-refractivity contribution in [3.05, 3.63) is 58.9 Å². The maximum atomic E-state index is 12.9. The summed E-state index contributed by atoms with van der Waals surface area (Å²) < 4.78 is 50.9. The summed E-state index contributed by atoms with van der Waals surface area (Å²) in [6.07, 6.45) is 1.74. The van der Waals surface area contributed by atoms with Crippen molar-refractivity contribution in [1.82, 2.24) is 4.72 Å². The molecule has 0 heterocycles. The molecule has 0 saturated heterocycles. The average molecular weight is 379 g/mol. The molecular formula is C19H22FNO4S. The van der Waals surface area contributed by atoms with Crippen LogP contribution in [0.2, 0.25) is 0 Å². The Labute approximate surface area is 153 Å². The Hall–Kier alpha value is -2.12. The number of ether oxygens (including phenoxy) is 2. The van der Waals surface area contributed by atoms with Crippen LogP contribution in [0.25, 0.3) is 0 Å². The summed E-state index contributed by atoms with van der Waals surface area (Å²) in [5.41, 5.74) is 2.80. The number of nitrogens with one attached hydrogen (secondary N) is 1. The molecule has 0 bridgehead atoms. The van der Waals surface area contributed by atoms with Gasteiger partial charge in [-0.25, -0.2) is 17.5 Å². The normalized spacial score (nSPS) is 16.3. The monoisotopic (exact) mass is 379 g/mol. The second kappa shape index (κ2) is 7.63. The molecule has 1 aliphatic carbocycles. The summed E-state index contributed by atoms with van der Waals surface area (Å²) in [7, 11) is -0.314. The van der Waals surface area contributed by atoms with Crippen molar-refractivity contribution in [2.24, 2.45) is 0 Å². The van der Waals surface area contributed by atoms with E-state index in [0.717, 1.165) is 24.0 Å². The number of rotatable bonds is 7. The van der Waals surface area contributed by atoms with E-state index in [1.807, 2.05) is 12.1 Å². The number of methoxy groups -OCH3 is 2. The minimum absolute atomic E-state index is 0.0906. The summed E-state index contributed by atoms with van der Waals surface area (Å²) in [5, 5.41) is 0. The van der Waals surface area contributed by atoms with Crippen molar-refractivity contribution in [1.29, 1.82) is 0 Å². The summed E-state index contributed by atoms with van der Waals surface area (Å²) in [6, 6.07) is 9.38. The molecule has 1 atom stereocenters. The molecule has 140 valence electrons. The number of hydrogen-bond acceptors (Lipinski definition) is 4. The third-order valence-electron chi connectivity index (χ3n) is 4.67. The van der Waals surface area contributed by atoms with E-state index in [9.17, 15) is 12.8 Å². The maximum absolute atomic E-state index is 12.9. The van der Waals surface area contributed by atoms with E-state index in [-0.39, 0.29) is 17.5 Å². The largest absolute Gasteiger partial charge is 0.493 e. The van der Waals surface area contributed by atoms with Gasteiger partial charge in [-0.05, 0) is 59.7 Å². The minimum atomic E-state index is -3.49. The Balaban J connectivity index is 1.68. The van der Waals surface area contributed by atoms with Gasteiger partial charge in [-0.15, -0.1) is 0 Å². The van der Waals surface area contributed by atoms with Crippen LogP contribution >= 0.6 is 0 Å². The van der Waals surface area contributed by atoms with Gasteiger partial charge in [-0.3, -0.25) is 0 Å². The molecule has 0 saturated carbocycles. The fourth-order valence-corrected chi connectivity index (χ4v) is 4.50. The topological polar surface area (TPSA) is 64.6 Å². The number of fused-ring (bicyclic) bond motifs is 1.